The monoisotopic (exact) mass is 367 g/mol. The first kappa shape index (κ1) is 17.0. The van der Waals surface area contributed by atoms with E-state index in [4.69, 9.17) is 0 Å². The first-order valence-electron chi connectivity index (χ1n) is 8.72. The molecule has 1 aliphatic heterocycles. The molecule has 0 radical (unpaired) electrons. The molecule has 7 heteroatoms. The van der Waals surface area contributed by atoms with Gasteiger partial charge in [0, 0.05) is 23.1 Å². The van der Waals surface area contributed by atoms with Crippen LogP contribution in [-0.4, -0.2) is 36.8 Å². The number of carbonyl (C=O) groups excluding carboxylic acids is 1. The normalized spacial score (nSPS) is 17.5. The van der Waals surface area contributed by atoms with Crippen LogP contribution in [0, 0.1) is 13.8 Å². The number of amides is 1. The predicted molar refractivity (Wildman–Crippen MR) is 103 cm³/mol. The Bertz CT molecular complexity index is 999. The molecule has 2 atom stereocenters. The van der Waals surface area contributed by atoms with Crippen LogP contribution in [0.25, 0.3) is 5.78 Å². The van der Waals surface area contributed by atoms with Crippen LogP contribution < -0.4 is 4.90 Å². The lowest BCUT2D eigenvalue weighted by Crippen LogP contribution is -2.40. The summed E-state index contributed by atoms with van der Waals surface area (Å²) in [7, 11) is 0. The number of hydrogen-bond donors (Lipinski definition) is 0. The van der Waals surface area contributed by atoms with E-state index in [0.29, 0.717) is 10.9 Å². The number of aromatic nitrogens is 4. The van der Waals surface area contributed by atoms with Crippen LogP contribution in [0.15, 0.2) is 35.5 Å². The van der Waals surface area contributed by atoms with E-state index in [1.807, 2.05) is 49.9 Å². The molecule has 0 spiro atoms. The number of hydrogen-bond acceptors (Lipinski definition) is 5. The van der Waals surface area contributed by atoms with Gasteiger partial charge in [0.15, 0.2) is 0 Å². The van der Waals surface area contributed by atoms with Crippen molar-refractivity contribution in [3.63, 3.8) is 0 Å². The summed E-state index contributed by atoms with van der Waals surface area (Å²) in [6.45, 7) is 7.92. The van der Waals surface area contributed by atoms with Crippen LogP contribution in [0.2, 0.25) is 0 Å². The number of thioether (sulfide) groups is 1. The second-order valence-electron chi connectivity index (χ2n) is 6.80. The minimum absolute atomic E-state index is 0.0900. The van der Waals surface area contributed by atoms with Gasteiger partial charge >= 0.3 is 0 Å². The molecule has 2 aromatic heterocycles. The molecule has 26 heavy (non-hydrogen) atoms. The molecular weight excluding hydrogens is 346 g/mol. The Morgan fingerprint density at radius 3 is 2.85 bits per heavy atom. The van der Waals surface area contributed by atoms with Gasteiger partial charge in [-0.15, -0.1) is 5.10 Å². The number of nitrogens with zero attached hydrogens (tertiary/aromatic N) is 5. The number of rotatable bonds is 3. The Morgan fingerprint density at radius 2 is 2.04 bits per heavy atom. The quantitative estimate of drug-likeness (QED) is 0.665. The summed E-state index contributed by atoms with van der Waals surface area (Å²) in [5.74, 6) is 0.664. The Labute approximate surface area is 156 Å². The Balaban J connectivity index is 1.58. The second-order valence-corrected chi connectivity index (χ2v) is 8.10. The smallest absolute Gasteiger partial charge is 0.253 e. The first-order chi connectivity index (χ1) is 12.4. The predicted octanol–water partition coefficient (Wildman–Crippen LogP) is 3.20. The van der Waals surface area contributed by atoms with Gasteiger partial charge in [0.25, 0.3) is 5.78 Å². The fourth-order valence-corrected chi connectivity index (χ4v) is 4.30. The lowest BCUT2D eigenvalue weighted by atomic mass is 10.1. The topological polar surface area (TPSA) is 63.4 Å². The average molecular weight is 367 g/mol. The molecule has 3 aromatic rings. The third-order valence-corrected chi connectivity index (χ3v) is 5.61. The summed E-state index contributed by atoms with van der Waals surface area (Å²) < 4.78 is 1.72. The van der Waals surface area contributed by atoms with E-state index >= 15 is 0 Å². The molecule has 1 aromatic carbocycles. The van der Waals surface area contributed by atoms with Gasteiger partial charge in [-0.1, -0.05) is 30.0 Å². The van der Waals surface area contributed by atoms with Crippen LogP contribution in [0.1, 0.15) is 30.8 Å². The lowest BCUT2D eigenvalue weighted by Gasteiger charge is -2.25. The van der Waals surface area contributed by atoms with Crippen molar-refractivity contribution in [1.29, 1.82) is 0 Å². The highest BCUT2D eigenvalue weighted by atomic mass is 32.2. The summed E-state index contributed by atoms with van der Waals surface area (Å²) in [5, 5.41) is 4.80. The van der Waals surface area contributed by atoms with E-state index < -0.39 is 0 Å². The summed E-state index contributed by atoms with van der Waals surface area (Å²) in [6, 6.07) is 10.3. The van der Waals surface area contributed by atoms with Gasteiger partial charge in [-0.3, -0.25) is 4.79 Å². The van der Waals surface area contributed by atoms with Crippen molar-refractivity contribution in [3.05, 3.63) is 47.3 Å². The summed E-state index contributed by atoms with van der Waals surface area (Å²) in [5.41, 5.74) is 4.14. The van der Waals surface area contributed by atoms with Gasteiger partial charge in [-0.2, -0.15) is 4.98 Å². The van der Waals surface area contributed by atoms with Crippen molar-refractivity contribution in [2.24, 2.45) is 0 Å². The molecule has 1 aliphatic rings. The zero-order valence-electron chi connectivity index (χ0n) is 15.3. The van der Waals surface area contributed by atoms with Crippen molar-refractivity contribution in [2.75, 3.05) is 4.90 Å². The van der Waals surface area contributed by atoms with E-state index in [1.165, 1.54) is 17.3 Å². The van der Waals surface area contributed by atoms with E-state index in [9.17, 15) is 4.79 Å². The SMILES string of the molecule is Cc1cc(C)n2nc(S[C@H](C)C(=O)N3c4ccccc4C[C@@H]3C)nc2n1. The highest BCUT2D eigenvalue weighted by Gasteiger charge is 2.33. The van der Waals surface area contributed by atoms with Gasteiger partial charge in [0.05, 0.1) is 5.25 Å². The van der Waals surface area contributed by atoms with E-state index in [2.05, 4.69) is 28.1 Å². The fraction of sp³-hybridized carbons (Fsp3) is 0.368. The van der Waals surface area contributed by atoms with Crippen LogP contribution >= 0.6 is 11.8 Å². The van der Waals surface area contributed by atoms with Crippen molar-refractivity contribution >= 4 is 29.1 Å². The summed E-state index contributed by atoms with van der Waals surface area (Å²) in [6.07, 6.45) is 0.897. The minimum atomic E-state index is -0.276. The van der Waals surface area contributed by atoms with Crippen LogP contribution in [0.3, 0.4) is 0 Å². The molecule has 0 fully saturated rings. The first-order valence-corrected chi connectivity index (χ1v) is 9.60. The zero-order chi connectivity index (χ0) is 18.4. The molecule has 0 saturated heterocycles. The molecular formula is C19H21N5OS. The van der Waals surface area contributed by atoms with Crippen molar-refractivity contribution in [1.82, 2.24) is 19.6 Å². The number of carbonyl (C=O) groups is 1. The average Bonchev–Trinajstić information content (AvgIpc) is 3.13. The maximum atomic E-state index is 13.1. The maximum absolute atomic E-state index is 13.1. The van der Waals surface area contributed by atoms with Gasteiger partial charge in [-0.25, -0.2) is 9.50 Å². The van der Waals surface area contributed by atoms with Gasteiger partial charge in [0.1, 0.15) is 0 Å². The van der Waals surface area contributed by atoms with Crippen LogP contribution in [0.5, 0.6) is 0 Å². The van der Waals surface area contributed by atoms with E-state index in [-0.39, 0.29) is 17.2 Å². The molecule has 0 saturated carbocycles. The largest absolute Gasteiger partial charge is 0.308 e. The van der Waals surface area contributed by atoms with E-state index in [0.717, 1.165) is 23.5 Å². The molecule has 0 aliphatic carbocycles. The number of fused-ring (bicyclic) bond motifs is 2. The third-order valence-electron chi connectivity index (χ3n) is 4.67. The van der Waals surface area contributed by atoms with Crippen LogP contribution in [0.4, 0.5) is 5.69 Å². The number of aryl methyl sites for hydroxylation is 2. The highest BCUT2D eigenvalue weighted by Crippen LogP contribution is 2.34. The Morgan fingerprint density at radius 1 is 1.27 bits per heavy atom. The van der Waals surface area contributed by atoms with Gasteiger partial charge < -0.3 is 4.90 Å². The van der Waals surface area contributed by atoms with Crippen molar-refractivity contribution in [2.45, 2.75) is 50.6 Å². The molecule has 0 bridgehead atoms. The Hall–Kier alpha value is -2.41. The van der Waals surface area contributed by atoms with E-state index in [1.54, 1.807) is 4.52 Å². The van der Waals surface area contributed by atoms with Gasteiger partial charge in [0.2, 0.25) is 11.1 Å². The number of para-hydroxylation sites is 1. The summed E-state index contributed by atoms with van der Waals surface area (Å²) >= 11 is 1.38. The third kappa shape index (κ3) is 2.86. The second kappa shape index (κ2) is 6.39. The molecule has 0 N–H and O–H groups in total. The molecule has 3 heterocycles. The Kier molecular flexibility index (Phi) is 4.19. The molecule has 134 valence electrons. The van der Waals surface area contributed by atoms with Crippen molar-refractivity contribution < 1.29 is 4.79 Å². The van der Waals surface area contributed by atoms with Crippen molar-refractivity contribution in [3.8, 4) is 0 Å². The summed E-state index contributed by atoms with van der Waals surface area (Å²) in [4.78, 5) is 23.9. The minimum Gasteiger partial charge on any atom is -0.308 e. The lowest BCUT2D eigenvalue weighted by molar-refractivity contribution is -0.118. The molecule has 6 nitrogen and oxygen atoms in total. The standard InChI is InChI=1S/C19H21N5OS/c1-11-9-13(3)24-18(20-11)21-19(22-24)26-14(4)17(25)23-12(2)10-15-7-5-6-8-16(15)23/h5-9,12,14H,10H2,1-4H3/t12-,14+/m0/s1. The number of anilines is 1. The molecule has 0 unspecified atom stereocenters. The molecule has 1 amide bonds. The maximum Gasteiger partial charge on any atom is 0.253 e. The number of benzene rings is 1. The highest BCUT2D eigenvalue weighted by molar-refractivity contribution is 8.00. The molecule has 4 rings (SSSR count). The van der Waals surface area contributed by atoms with Crippen LogP contribution in [-0.2, 0) is 11.2 Å². The zero-order valence-corrected chi connectivity index (χ0v) is 16.1. The fourth-order valence-electron chi connectivity index (χ4n) is 3.50. The van der Waals surface area contributed by atoms with Gasteiger partial charge in [-0.05, 0) is 51.8 Å².